The van der Waals surface area contributed by atoms with Gasteiger partial charge in [-0.2, -0.15) is 0 Å². The predicted octanol–water partition coefficient (Wildman–Crippen LogP) is 4.46. The van der Waals surface area contributed by atoms with Crippen LogP contribution in [0.15, 0.2) is 30.8 Å². The first-order valence-corrected chi connectivity index (χ1v) is 8.46. The summed E-state index contributed by atoms with van der Waals surface area (Å²) in [5, 5.41) is 0. The van der Waals surface area contributed by atoms with E-state index >= 15 is 0 Å². The molecule has 0 radical (unpaired) electrons. The molecule has 1 aromatic rings. The maximum Gasteiger partial charge on any atom is 0.302 e. The molecule has 23 heavy (non-hydrogen) atoms. The van der Waals surface area contributed by atoms with E-state index in [1.807, 2.05) is 6.08 Å². The Morgan fingerprint density at radius 3 is 2.35 bits per heavy atom. The molecular weight excluding hydrogens is 288 g/mol. The smallest absolute Gasteiger partial charge is 0.302 e. The second kappa shape index (κ2) is 8.30. The summed E-state index contributed by atoms with van der Waals surface area (Å²) in [5.74, 6) is 1.15. The van der Waals surface area contributed by atoms with Crippen molar-refractivity contribution in [1.29, 1.82) is 0 Å². The topological polar surface area (TPSA) is 35.5 Å². The van der Waals surface area contributed by atoms with Crippen LogP contribution in [0.2, 0.25) is 0 Å². The van der Waals surface area contributed by atoms with E-state index in [2.05, 4.69) is 44.7 Å². The van der Waals surface area contributed by atoms with Gasteiger partial charge in [0.05, 0.1) is 6.61 Å². The van der Waals surface area contributed by atoms with E-state index in [1.165, 1.54) is 12.5 Å². The number of esters is 1. The number of benzene rings is 1. The van der Waals surface area contributed by atoms with Crippen LogP contribution in [0.3, 0.4) is 0 Å². The van der Waals surface area contributed by atoms with Crippen LogP contribution in [0.25, 0.3) is 6.08 Å². The maximum absolute atomic E-state index is 11.2. The van der Waals surface area contributed by atoms with Gasteiger partial charge in [-0.25, -0.2) is 0 Å². The van der Waals surface area contributed by atoms with Crippen molar-refractivity contribution in [3.8, 4) is 0 Å². The van der Waals surface area contributed by atoms with Crippen molar-refractivity contribution in [1.82, 2.24) is 0 Å². The molecule has 0 amide bonds. The minimum absolute atomic E-state index is 0.0511. The highest BCUT2D eigenvalue weighted by molar-refractivity contribution is 5.66. The Morgan fingerprint density at radius 1 is 1.22 bits per heavy atom. The quantitative estimate of drug-likeness (QED) is 0.727. The molecule has 0 N–H and O–H groups in total. The maximum atomic E-state index is 11.2. The summed E-state index contributed by atoms with van der Waals surface area (Å²) in [6, 6.07) is 8.28. The van der Waals surface area contributed by atoms with E-state index in [1.54, 1.807) is 0 Å². The highest BCUT2D eigenvalue weighted by Crippen LogP contribution is 2.35. The van der Waals surface area contributed by atoms with E-state index < -0.39 is 0 Å². The first kappa shape index (κ1) is 17.7. The average molecular weight is 316 g/mol. The lowest BCUT2D eigenvalue weighted by molar-refractivity contribution is -0.155. The van der Waals surface area contributed by atoms with Crippen molar-refractivity contribution in [2.75, 3.05) is 6.61 Å². The Kier molecular flexibility index (Phi) is 6.40. The third-order valence-corrected chi connectivity index (χ3v) is 4.67. The normalized spacial score (nSPS) is 27.4. The first-order valence-electron chi connectivity index (χ1n) is 8.46. The van der Waals surface area contributed by atoms with Crippen molar-refractivity contribution >= 4 is 12.0 Å². The third kappa shape index (κ3) is 5.21. The van der Waals surface area contributed by atoms with Crippen molar-refractivity contribution in [3.63, 3.8) is 0 Å². The van der Waals surface area contributed by atoms with Crippen LogP contribution in [0, 0.1) is 17.8 Å². The molecule has 1 saturated carbocycles. The fourth-order valence-electron chi connectivity index (χ4n) is 3.63. The average Bonchev–Trinajstić information content (AvgIpc) is 2.51. The second-order valence-corrected chi connectivity index (χ2v) is 6.83. The van der Waals surface area contributed by atoms with Crippen LogP contribution in [0.5, 0.6) is 0 Å². The van der Waals surface area contributed by atoms with Gasteiger partial charge in [0, 0.05) is 13.5 Å². The summed E-state index contributed by atoms with van der Waals surface area (Å²) in [6.07, 6.45) is 4.00. The Balaban J connectivity index is 1.78. The number of carbonyl (C=O) groups is 1. The van der Waals surface area contributed by atoms with Crippen molar-refractivity contribution in [3.05, 3.63) is 42.0 Å². The molecule has 126 valence electrons. The van der Waals surface area contributed by atoms with E-state index in [4.69, 9.17) is 9.47 Å². The van der Waals surface area contributed by atoms with Crippen LogP contribution < -0.4 is 0 Å². The van der Waals surface area contributed by atoms with Gasteiger partial charge >= 0.3 is 5.97 Å². The molecule has 2 atom stereocenters. The molecule has 0 saturated heterocycles. The zero-order chi connectivity index (χ0) is 16.8. The number of carbonyl (C=O) groups excluding carboxylic acids is 1. The summed E-state index contributed by atoms with van der Waals surface area (Å²) in [6.45, 7) is 11.0. The molecule has 1 aromatic carbocycles. The SMILES string of the molecule is C=Cc1ccc(COCC2CC(C)C(OC(C)=O)C(C)C2)cc1. The number of rotatable bonds is 6. The Labute approximate surface area is 139 Å². The van der Waals surface area contributed by atoms with Gasteiger partial charge < -0.3 is 9.47 Å². The van der Waals surface area contributed by atoms with Crippen molar-refractivity contribution in [2.45, 2.75) is 46.3 Å². The Bertz CT molecular complexity index is 508. The van der Waals surface area contributed by atoms with Gasteiger partial charge in [-0.05, 0) is 41.7 Å². The van der Waals surface area contributed by atoms with E-state index in [9.17, 15) is 4.79 Å². The van der Waals surface area contributed by atoms with Gasteiger partial charge in [0.25, 0.3) is 0 Å². The van der Waals surface area contributed by atoms with Gasteiger partial charge in [0.1, 0.15) is 6.10 Å². The predicted molar refractivity (Wildman–Crippen MR) is 92.8 cm³/mol. The molecule has 0 bridgehead atoms. The van der Waals surface area contributed by atoms with E-state index in [-0.39, 0.29) is 12.1 Å². The molecule has 2 unspecified atom stereocenters. The van der Waals surface area contributed by atoms with E-state index in [0.29, 0.717) is 24.4 Å². The number of hydrogen-bond acceptors (Lipinski definition) is 3. The molecule has 0 heterocycles. The van der Waals surface area contributed by atoms with Crippen LogP contribution in [0.1, 0.15) is 44.7 Å². The number of ether oxygens (including phenoxy) is 2. The highest BCUT2D eigenvalue weighted by Gasteiger charge is 2.35. The lowest BCUT2D eigenvalue weighted by atomic mass is 9.75. The van der Waals surface area contributed by atoms with Crippen LogP contribution >= 0.6 is 0 Å². The molecule has 1 aliphatic rings. The lowest BCUT2D eigenvalue weighted by Gasteiger charge is -2.38. The van der Waals surface area contributed by atoms with Crippen LogP contribution in [-0.2, 0) is 20.9 Å². The van der Waals surface area contributed by atoms with Gasteiger partial charge in [0.15, 0.2) is 0 Å². The molecule has 0 aliphatic heterocycles. The summed E-state index contributed by atoms with van der Waals surface area (Å²) in [5.41, 5.74) is 2.31. The fraction of sp³-hybridized carbons (Fsp3) is 0.550. The zero-order valence-electron chi connectivity index (χ0n) is 14.5. The summed E-state index contributed by atoms with van der Waals surface area (Å²) in [7, 11) is 0. The molecule has 0 aromatic heterocycles. The minimum Gasteiger partial charge on any atom is -0.462 e. The lowest BCUT2D eigenvalue weighted by Crippen LogP contribution is -2.38. The van der Waals surface area contributed by atoms with E-state index in [0.717, 1.165) is 25.0 Å². The zero-order valence-corrected chi connectivity index (χ0v) is 14.5. The van der Waals surface area contributed by atoms with Gasteiger partial charge in [-0.3, -0.25) is 4.79 Å². The van der Waals surface area contributed by atoms with Gasteiger partial charge in [-0.1, -0.05) is 50.8 Å². The molecule has 1 fully saturated rings. The minimum atomic E-state index is -0.175. The Morgan fingerprint density at radius 2 is 1.83 bits per heavy atom. The second-order valence-electron chi connectivity index (χ2n) is 6.83. The Hall–Kier alpha value is -1.61. The van der Waals surface area contributed by atoms with Crippen molar-refractivity contribution < 1.29 is 14.3 Å². The summed E-state index contributed by atoms with van der Waals surface area (Å²) in [4.78, 5) is 11.2. The molecule has 2 rings (SSSR count). The highest BCUT2D eigenvalue weighted by atomic mass is 16.5. The first-order chi connectivity index (χ1) is 11.0. The molecule has 1 aliphatic carbocycles. The third-order valence-electron chi connectivity index (χ3n) is 4.67. The van der Waals surface area contributed by atoms with Gasteiger partial charge in [0.2, 0.25) is 0 Å². The molecule has 3 heteroatoms. The largest absolute Gasteiger partial charge is 0.462 e. The number of hydrogen-bond donors (Lipinski definition) is 0. The standard InChI is InChI=1S/C20H28O3/c1-5-17-6-8-18(9-7-17)12-22-13-19-10-14(2)20(15(3)11-19)23-16(4)21/h5-9,14-15,19-20H,1,10-13H2,2-4H3. The summed E-state index contributed by atoms with van der Waals surface area (Å²) < 4.78 is 11.4. The van der Waals surface area contributed by atoms with Crippen LogP contribution in [-0.4, -0.2) is 18.7 Å². The summed E-state index contributed by atoms with van der Waals surface area (Å²) >= 11 is 0. The van der Waals surface area contributed by atoms with Crippen LogP contribution in [0.4, 0.5) is 0 Å². The molecular formula is C20H28O3. The molecule has 3 nitrogen and oxygen atoms in total. The monoisotopic (exact) mass is 316 g/mol. The van der Waals surface area contributed by atoms with Gasteiger partial charge in [-0.15, -0.1) is 0 Å². The molecule has 0 spiro atoms. The van der Waals surface area contributed by atoms with Crippen molar-refractivity contribution in [2.24, 2.45) is 17.8 Å². The fourth-order valence-corrected chi connectivity index (χ4v) is 3.63.